The molecule has 1 aliphatic rings. The Morgan fingerprint density at radius 3 is 3.04 bits per heavy atom. The number of aromatic nitrogens is 6. The lowest BCUT2D eigenvalue weighted by molar-refractivity contribution is 0.0709. The highest BCUT2D eigenvalue weighted by Gasteiger charge is 2.29. The van der Waals surface area contributed by atoms with E-state index < -0.39 is 0 Å². The number of piperidine rings is 1. The van der Waals surface area contributed by atoms with Gasteiger partial charge in [0.15, 0.2) is 5.65 Å². The minimum absolute atomic E-state index is 0.0335. The van der Waals surface area contributed by atoms with Crippen molar-refractivity contribution in [1.82, 2.24) is 34.3 Å². The van der Waals surface area contributed by atoms with E-state index in [1.54, 1.807) is 17.1 Å². The van der Waals surface area contributed by atoms with Crippen LogP contribution in [0.3, 0.4) is 0 Å². The maximum atomic E-state index is 13.1. The average molecular weight is 393 g/mol. The van der Waals surface area contributed by atoms with Crippen molar-refractivity contribution in [2.24, 2.45) is 7.05 Å². The molecule has 4 aromatic heterocycles. The first-order chi connectivity index (χ1) is 13.7. The second kappa shape index (κ2) is 6.83. The van der Waals surface area contributed by atoms with E-state index in [1.807, 2.05) is 46.9 Å². The fourth-order valence-corrected chi connectivity index (χ4v) is 4.56. The van der Waals surface area contributed by atoms with Crippen LogP contribution in [0.2, 0.25) is 0 Å². The monoisotopic (exact) mass is 393 g/mol. The molecule has 0 aliphatic carbocycles. The van der Waals surface area contributed by atoms with Crippen molar-refractivity contribution in [2.45, 2.75) is 18.8 Å². The van der Waals surface area contributed by atoms with Crippen LogP contribution >= 0.6 is 11.3 Å². The van der Waals surface area contributed by atoms with Crippen LogP contribution in [0.5, 0.6) is 0 Å². The van der Waals surface area contributed by atoms with Crippen LogP contribution in [0.15, 0.2) is 43.0 Å². The van der Waals surface area contributed by atoms with Crippen LogP contribution in [0.25, 0.3) is 16.2 Å². The highest BCUT2D eigenvalue weighted by molar-refractivity contribution is 7.16. The lowest BCUT2D eigenvalue weighted by Gasteiger charge is -2.31. The third-order valence-electron chi connectivity index (χ3n) is 5.08. The summed E-state index contributed by atoms with van der Waals surface area (Å²) in [7, 11) is 1.87. The first-order valence-electron chi connectivity index (χ1n) is 9.23. The van der Waals surface area contributed by atoms with Gasteiger partial charge in [-0.15, -0.1) is 21.5 Å². The smallest absolute Gasteiger partial charge is 0.265 e. The standard InChI is InChI=1S/C19H19N7OS/c1-24-11-14(9-21-24)18-20-10-15(28-18)19(27)25-7-4-5-13(12-25)17-23-22-16-6-2-3-8-26(16)17/h2-3,6,8-11,13H,4-5,7,12H2,1H3. The maximum absolute atomic E-state index is 13.1. The van der Waals surface area contributed by atoms with Gasteiger partial charge >= 0.3 is 0 Å². The Bertz CT molecular complexity index is 1140. The van der Waals surface area contributed by atoms with Gasteiger partial charge in [0.05, 0.1) is 12.4 Å². The van der Waals surface area contributed by atoms with Crippen LogP contribution < -0.4 is 0 Å². The van der Waals surface area contributed by atoms with Crippen molar-refractivity contribution in [1.29, 1.82) is 0 Å². The van der Waals surface area contributed by atoms with E-state index in [1.165, 1.54) is 11.3 Å². The molecular formula is C19H19N7OS. The van der Waals surface area contributed by atoms with Crippen molar-refractivity contribution >= 4 is 22.9 Å². The molecule has 1 fully saturated rings. The largest absolute Gasteiger partial charge is 0.337 e. The Balaban J connectivity index is 1.36. The van der Waals surface area contributed by atoms with E-state index in [2.05, 4.69) is 20.3 Å². The summed E-state index contributed by atoms with van der Waals surface area (Å²) in [6.45, 7) is 1.40. The van der Waals surface area contributed by atoms with E-state index in [0.29, 0.717) is 11.4 Å². The second-order valence-corrected chi connectivity index (χ2v) is 8.04. The molecule has 0 spiro atoms. The molecule has 5 heterocycles. The fourth-order valence-electron chi connectivity index (χ4n) is 3.70. The number of amides is 1. The van der Waals surface area contributed by atoms with Gasteiger partial charge in [-0.2, -0.15) is 5.10 Å². The zero-order valence-electron chi connectivity index (χ0n) is 15.4. The van der Waals surface area contributed by atoms with Crippen molar-refractivity contribution in [3.8, 4) is 10.6 Å². The Hall–Kier alpha value is -3.07. The summed E-state index contributed by atoms with van der Waals surface area (Å²) in [5.41, 5.74) is 1.77. The third kappa shape index (κ3) is 2.97. The van der Waals surface area contributed by atoms with Crippen LogP contribution in [0.4, 0.5) is 0 Å². The molecule has 0 N–H and O–H groups in total. The normalized spacial score (nSPS) is 17.3. The zero-order valence-corrected chi connectivity index (χ0v) is 16.2. The van der Waals surface area contributed by atoms with Crippen LogP contribution in [-0.4, -0.2) is 53.3 Å². The van der Waals surface area contributed by atoms with E-state index in [-0.39, 0.29) is 11.8 Å². The minimum Gasteiger partial charge on any atom is -0.337 e. The molecule has 0 aromatic carbocycles. The van der Waals surface area contributed by atoms with Gasteiger partial charge in [-0.25, -0.2) is 4.98 Å². The topological polar surface area (TPSA) is 81.2 Å². The van der Waals surface area contributed by atoms with Gasteiger partial charge in [0.1, 0.15) is 15.7 Å². The Morgan fingerprint density at radius 1 is 1.25 bits per heavy atom. The van der Waals surface area contributed by atoms with Gasteiger partial charge in [0, 0.05) is 44.0 Å². The first kappa shape index (κ1) is 17.1. The van der Waals surface area contributed by atoms with E-state index >= 15 is 0 Å². The van der Waals surface area contributed by atoms with E-state index in [4.69, 9.17) is 0 Å². The number of hydrogen-bond acceptors (Lipinski definition) is 6. The number of nitrogens with zero attached hydrogens (tertiary/aromatic N) is 7. The molecule has 1 atom stereocenters. The van der Waals surface area contributed by atoms with Gasteiger partial charge in [-0.05, 0) is 25.0 Å². The Morgan fingerprint density at radius 2 is 2.18 bits per heavy atom. The van der Waals surface area contributed by atoms with Gasteiger partial charge < -0.3 is 4.90 Å². The molecule has 0 bridgehead atoms. The van der Waals surface area contributed by atoms with Crippen LogP contribution in [0, 0.1) is 0 Å². The van der Waals surface area contributed by atoms with Gasteiger partial charge in [-0.3, -0.25) is 13.9 Å². The molecule has 0 saturated carbocycles. The van der Waals surface area contributed by atoms with Crippen molar-refractivity contribution in [3.05, 3.63) is 53.7 Å². The Labute approximate surface area is 165 Å². The highest BCUT2D eigenvalue weighted by Crippen LogP contribution is 2.29. The average Bonchev–Trinajstić information content (AvgIpc) is 3.46. The molecule has 8 nitrogen and oxygen atoms in total. The number of fused-ring (bicyclic) bond motifs is 1. The fraction of sp³-hybridized carbons (Fsp3) is 0.316. The third-order valence-corrected chi connectivity index (χ3v) is 6.12. The molecule has 0 radical (unpaired) electrons. The number of hydrogen-bond donors (Lipinski definition) is 0. The number of aryl methyl sites for hydroxylation is 1. The minimum atomic E-state index is 0.0335. The van der Waals surface area contributed by atoms with Crippen molar-refractivity contribution < 1.29 is 4.79 Å². The number of pyridine rings is 1. The number of thiazole rings is 1. The van der Waals surface area contributed by atoms with Crippen LogP contribution in [0.1, 0.15) is 34.3 Å². The summed E-state index contributed by atoms with van der Waals surface area (Å²) in [6, 6.07) is 5.87. The van der Waals surface area contributed by atoms with Crippen LogP contribution in [-0.2, 0) is 7.05 Å². The zero-order chi connectivity index (χ0) is 19.1. The van der Waals surface area contributed by atoms with Gasteiger partial charge in [0.25, 0.3) is 5.91 Å². The summed E-state index contributed by atoms with van der Waals surface area (Å²) >= 11 is 1.41. The summed E-state index contributed by atoms with van der Waals surface area (Å²) in [5, 5.41) is 13.6. The summed E-state index contributed by atoms with van der Waals surface area (Å²) in [5.74, 6) is 1.14. The lowest BCUT2D eigenvalue weighted by atomic mass is 9.97. The molecule has 1 saturated heterocycles. The highest BCUT2D eigenvalue weighted by atomic mass is 32.1. The molecule has 1 aliphatic heterocycles. The second-order valence-electron chi connectivity index (χ2n) is 7.01. The SMILES string of the molecule is Cn1cc(-c2ncc(C(=O)N3CCCC(c4nnc5ccccn45)C3)s2)cn1. The van der Waals surface area contributed by atoms with E-state index in [9.17, 15) is 4.79 Å². The molecule has 142 valence electrons. The Kier molecular flexibility index (Phi) is 4.16. The van der Waals surface area contributed by atoms with Gasteiger partial charge in [0.2, 0.25) is 0 Å². The maximum Gasteiger partial charge on any atom is 0.265 e. The molecular weight excluding hydrogens is 374 g/mol. The summed E-state index contributed by atoms with van der Waals surface area (Å²) in [4.78, 5) is 20.1. The quantitative estimate of drug-likeness (QED) is 0.534. The lowest BCUT2D eigenvalue weighted by Crippen LogP contribution is -2.39. The first-order valence-corrected chi connectivity index (χ1v) is 10.0. The van der Waals surface area contributed by atoms with E-state index in [0.717, 1.165) is 41.4 Å². The number of rotatable bonds is 3. The predicted octanol–water partition coefficient (Wildman–Crippen LogP) is 2.61. The number of likely N-dealkylation sites (tertiary alicyclic amines) is 1. The van der Waals surface area contributed by atoms with Crippen molar-refractivity contribution in [3.63, 3.8) is 0 Å². The molecule has 5 rings (SSSR count). The summed E-state index contributed by atoms with van der Waals surface area (Å²) in [6.07, 6.45) is 9.27. The van der Waals surface area contributed by atoms with Crippen molar-refractivity contribution in [2.75, 3.05) is 13.1 Å². The molecule has 9 heteroatoms. The predicted molar refractivity (Wildman–Crippen MR) is 105 cm³/mol. The molecule has 1 amide bonds. The van der Waals surface area contributed by atoms with Gasteiger partial charge in [-0.1, -0.05) is 6.07 Å². The summed E-state index contributed by atoms with van der Waals surface area (Å²) < 4.78 is 3.75. The number of carbonyl (C=O) groups is 1. The number of carbonyl (C=O) groups excluding carboxylic acids is 1. The molecule has 4 aromatic rings. The molecule has 28 heavy (non-hydrogen) atoms. The molecule has 1 unspecified atom stereocenters.